The van der Waals surface area contributed by atoms with Gasteiger partial charge in [-0.05, 0) is 50.4 Å². The van der Waals surface area contributed by atoms with Gasteiger partial charge in [0.1, 0.15) is 5.75 Å². The van der Waals surface area contributed by atoms with Crippen LogP contribution in [-0.4, -0.2) is 25.1 Å². The summed E-state index contributed by atoms with van der Waals surface area (Å²) in [6.07, 6.45) is 1.95. The molecule has 3 N–H and O–H groups in total. The van der Waals surface area contributed by atoms with Gasteiger partial charge in [0.2, 0.25) is 0 Å². The van der Waals surface area contributed by atoms with Gasteiger partial charge in [0.25, 0.3) is 5.91 Å². The predicted octanol–water partition coefficient (Wildman–Crippen LogP) is 1.87. The Morgan fingerprint density at radius 2 is 2.05 bits per heavy atom. The van der Waals surface area contributed by atoms with E-state index >= 15 is 0 Å². The van der Waals surface area contributed by atoms with Gasteiger partial charge in [0.15, 0.2) is 6.10 Å². The molecule has 20 heavy (non-hydrogen) atoms. The highest BCUT2D eigenvalue weighted by atomic mass is 16.5. The van der Waals surface area contributed by atoms with Crippen LogP contribution in [-0.2, 0) is 11.2 Å². The van der Waals surface area contributed by atoms with Gasteiger partial charge in [0, 0.05) is 6.54 Å². The smallest absolute Gasteiger partial charge is 0.261 e. The molecule has 0 saturated carbocycles. The topological polar surface area (TPSA) is 64.3 Å². The minimum absolute atomic E-state index is 0.144. The first-order valence-corrected chi connectivity index (χ1v) is 6.85. The summed E-state index contributed by atoms with van der Waals surface area (Å²) in [4.78, 5) is 11.8. The standard InChI is InChI=1S/C16H24N2O2/c1-5-8-18-16(19)13(4)20-15-11(2)9-14(6-7-17)10-12(15)3/h5,9-10,13H,1,6-8,17H2,2-4H3,(H,18,19). The van der Waals surface area contributed by atoms with Crippen LogP contribution in [0.1, 0.15) is 23.6 Å². The molecular weight excluding hydrogens is 252 g/mol. The molecule has 1 unspecified atom stereocenters. The maximum absolute atomic E-state index is 11.8. The van der Waals surface area contributed by atoms with Crippen molar-refractivity contribution in [2.75, 3.05) is 13.1 Å². The van der Waals surface area contributed by atoms with Gasteiger partial charge in [-0.25, -0.2) is 0 Å². The second-order valence-corrected chi connectivity index (χ2v) is 4.89. The summed E-state index contributed by atoms with van der Waals surface area (Å²) in [6.45, 7) is 10.3. The number of hydrogen-bond donors (Lipinski definition) is 2. The van der Waals surface area contributed by atoms with Crippen molar-refractivity contribution in [3.05, 3.63) is 41.5 Å². The van der Waals surface area contributed by atoms with E-state index in [1.54, 1.807) is 13.0 Å². The van der Waals surface area contributed by atoms with Crippen LogP contribution in [0, 0.1) is 13.8 Å². The lowest BCUT2D eigenvalue weighted by Gasteiger charge is -2.18. The lowest BCUT2D eigenvalue weighted by molar-refractivity contribution is -0.127. The zero-order chi connectivity index (χ0) is 15.1. The number of aryl methyl sites for hydroxylation is 2. The van der Waals surface area contributed by atoms with Crippen molar-refractivity contribution in [2.45, 2.75) is 33.3 Å². The Balaban J connectivity index is 2.81. The van der Waals surface area contributed by atoms with E-state index < -0.39 is 6.10 Å². The van der Waals surface area contributed by atoms with Gasteiger partial charge >= 0.3 is 0 Å². The fraction of sp³-hybridized carbons (Fsp3) is 0.438. The molecule has 110 valence electrons. The summed E-state index contributed by atoms with van der Waals surface area (Å²) in [5, 5.41) is 2.72. The maximum atomic E-state index is 11.8. The number of benzene rings is 1. The van der Waals surface area contributed by atoms with Crippen LogP contribution >= 0.6 is 0 Å². The highest BCUT2D eigenvalue weighted by molar-refractivity contribution is 5.80. The van der Waals surface area contributed by atoms with E-state index in [1.165, 1.54) is 5.56 Å². The van der Waals surface area contributed by atoms with E-state index in [-0.39, 0.29) is 5.91 Å². The van der Waals surface area contributed by atoms with Crippen LogP contribution < -0.4 is 15.8 Å². The summed E-state index contributed by atoms with van der Waals surface area (Å²) < 4.78 is 5.79. The molecule has 1 atom stereocenters. The molecule has 0 fully saturated rings. The molecule has 0 bridgehead atoms. The van der Waals surface area contributed by atoms with Crippen molar-refractivity contribution >= 4 is 5.91 Å². The summed E-state index contributed by atoms with van der Waals surface area (Å²) >= 11 is 0. The molecule has 4 nitrogen and oxygen atoms in total. The Hall–Kier alpha value is -1.81. The number of amides is 1. The molecular formula is C16H24N2O2. The SMILES string of the molecule is C=CCNC(=O)C(C)Oc1c(C)cc(CCN)cc1C. The van der Waals surface area contributed by atoms with E-state index in [2.05, 4.69) is 24.0 Å². The van der Waals surface area contributed by atoms with Crippen LogP contribution in [0.3, 0.4) is 0 Å². The van der Waals surface area contributed by atoms with Crippen molar-refractivity contribution in [3.63, 3.8) is 0 Å². The van der Waals surface area contributed by atoms with Crippen LogP contribution in [0.4, 0.5) is 0 Å². The Morgan fingerprint density at radius 3 is 2.55 bits per heavy atom. The summed E-state index contributed by atoms with van der Waals surface area (Å²) in [6, 6.07) is 4.12. The quantitative estimate of drug-likeness (QED) is 0.747. The Labute approximate surface area is 121 Å². The fourth-order valence-corrected chi connectivity index (χ4v) is 2.08. The van der Waals surface area contributed by atoms with E-state index in [1.807, 2.05) is 13.8 Å². The third-order valence-corrected chi connectivity index (χ3v) is 3.04. The van der Waals surface area contributed by atoms with E-state index in [4.69, 9.17) is 10.5 Å². The second kappa shape index (κ2) is 7.70. The monoisotopic (exact) mass is 276 g/mol. The molecule has 0 spiro atoms. The average molecular weight is 276 g/mol. The van der Waals surface area contributed by atoms with Gasteiger partial charge in [-0.15, -0.1) is 6.58 Å². The number of nitrogens with one attached hydrogen (secondary N) is 1. The molecule has 0 aliphatic carbocycles. The van der Waals surface area contributed by atoms with Crippen molar-refractivity contribution in [1.82, 2.24) is 5.32 Å². The van der Waals surface area contributed by atoms with Gasteiger partial charge < -0.3 is 15.8 Å². The highest BCUT2D eigenvalue weighted by Crippen LogP contribution is 2.26. The molecule has 0 saturated heterocycles. The number of ether oxygens (including phenoxy) is 1. The van der Waals surface area contributed by atoms with Crippen LogP contribution in [0.25, 0.3) is 0 Å². The average Bonchev–Trinajstić information content (AvgIpc) is 2.40. The predicted molar refractivity (Wildman–Crippen MR) is 82.0 cm³/mol. The third kappa shape index (κ3) is 4.38. The molecule has 1 rings (SSSR count). The summed E-state index contributed by atoms with van der Waals surface area (Å²) in [7, 11) is 0. The van der Waals surface area contributed by atoms with E-state index in [9.17, 15) is 4.79 Å². The zero-order valence-electron chi connectivity index (χ0n) is 12.5. The van der Waals surface area contributed by atoms with E-state index in [0.29, 0.717) is 13.1 Å². The van der Waals surface area contributed by atoms with Gasteiger partial charge in [-0.3, -0.25) is 4.79 Å². The Bertz CT molecular complexity index is 460. The first-order valence-electron chi connectivity index (χ1n) is 6.85. The zero-order valence-corrected chi connectivity index (χ0v) is 12.5. The van der Waals surface area contributed by atoms with E-state index in [0.717, 1.165) is 23.3 Å². The van der Waals surface area contributed by atoms with Gasteiger partial charge in [-0.2, -0.15) is 0 Å². The highest BCUT2D eigenvalue weighted by Gasteiger charge is 2.16. The molecule has 1 amide bonds. The number of rotatable bonds is 7. The van der Waals surface area contributed by atoms with Crippen molar-refractivity contribution in [3.8, 4) is 5.75 Å². The molecule has 0 radical (unpaired) electrons. The van der Waals surface area contributed by atoms with Gasteiger partial charge in [0.05, 0.1) is 0 Å². The lowest BCUT2D eigenvalue weighted by Crippen LogP contribution is -2.36. The second-order valence-electron chi connectivity index (χ2n) is 4.89. The van der Waals surface area contributed by atoms with Crippen LogP contribution in [0.15, 0.2) is 24.8 Å². The number of carbonyl (C=O) groups is 1. The summed E-state index contributed by atoms with van der Waals surface area (Å²) in [5.41, 5.74) is 8.82. The van der Waals surface area contributed by atoms with Gasteiger partial charge in [-0.1, -0.05) is 18.2 Å². The number of carbonyl (C=O) groups excluding carboxylic acids is 1. The number of hydrogen-bond acceptors (Lipinski definition) is 3. The van der Waals surface area contributed by atoms with Crippen molar-refractivity contribution in [1.29, 1.82) is 0 Å². The molecule has 4 heteroatoms. The first kappa shape index (κ1) is 16.2. The minimum Gasteiger partial charge on any atom is -0.480 e. The maximum Gasteiger partial charge on any atom is 0.261 e. The Morgan fingerprint density at radius 1 is 1.45 bits per heavy atom. The normalized spacial score (nSPS) is 11.8. The lowest BCUT2D eigenvalue weighted by atomic mass is 10.0. The van der Waals surface area contributed by atoms with Crippen LogP contribution in [0.2, 0.25) is 0 Å². The third-order valence-electron chi connectivity index (χ3n) is 3.04. The molecule has 0 heterocycles. The molecule has 0 aromatic heterocycles. The molecule has 1 aromatic rings. The number of nitrogens with two attached hydrogens (primary N) is 1. The first-order chi connectivity index (χ1) is 9.49. The van der Waals surface area contributed by atoms with Crippen molar-refractivity contribution < 1.29 is 9.53 Å². The fourth-order valence-electron chi connectivity index (χ4n) is 2.08. The minimum atomic E-state index is -0.535. The molecule has 0 aliphatic rings. The van der Waals surface area contributed by atoms with Crippen LogP contribution in [0.5, 0.6) is 5.75 Å². The van der Waals surface area contributed by atoms with Crippen molar-refractivity contribution in [2.24, 2.45) is 5.73 Å². The Kier molecular flexibility index (Phi) is 6.25. The largest absolute Gasteiger partial charge is 0.480 e. The molecule has 1 aromatic carbocycles. The summed E-state index contributed by atoms with van der Waals surface area (Å²) in [5.74, 6) is 0.627. The molecule has 0 aliphatic heterocycles.